The van der Waals surface area contributed by atoms with Crippen LogP contribution >= 0.6 is 0 Å². The van der Waals surface area contributed by atoms with Crippen molar-refractivity contribution in [3.63, 3.8) is 0 Å². The molecule has 0 unspecified atom stereocenters. The Morgan fingerprint density at radius 2 is 1.61 bits per heavy atom. The van der Waals surface area contributed by atoms with E-state index in [1.165, 1.54) is 43.9 Å². The maximum Gasteiger partial charge on any atom is 0.305 e. The number of esters is 1. The molecule has 6 heteroatoms. The second-order valence-corrected chi connectivity index (χ2v) is 26.8. The number of allylic oxidation sites excluding steroid dienone is 4. The maximum atomic E-state index is 12.0. The van der Waals surface area contributed by atoms with E-state index in [1.54, 1.807) is 5.57 Å². The molecule has 0 amide bonds. The number of hydrogen-bond acceptors (Lipinski definition) is 4. The van der Waals surface area contributed by atoms with Crippen molar-refractivity contribution in [2.45, 2.75) is 161 Å². The van der Waals surface area contributed by atoms with E-state index in [2.05, 4.69) is 100.0 Å². The number of fused-ring (bicyclic) bond motifs is 1. The van der Waals surface area contributed by atoms with Crippen LogP contribution in [0, 0.1) is 17.3 Å². The fourth-order valence-electron chi connectivity index (χ4n) is 7.69. The van der Waals surface area contributed by atoms with Crippen molar-refractivity contribution in [3.05, 3.63) is 47.6 Å². The quantitative estimate of drug-likeness (QED) is 0.135. The molecule has 4 nitrogen and oxygen atoms in total. The zero-order chi connectivity index (χ0) is 33.3. The second kappa shape index (κ2) is 13.9. The Morgan fingerprint density at radius 1 is 1.00 bits per heavy atom. The van der Waals surface area contributed by atoms with Gasteiger partial charge in [0.05, 0.1) is 19.3 Å². The summed E-state index contributed by atoms with van der Waals surface area (Å²) < 4.78 is 19.1. The number of methoxy groups -OCH3 is 1. The van der Waals surface area contributed by atoms with Crippen molar-refractivity contribution in [1.82, 2.24) is 0 Å². The molecule has 250 valence electrons. The summed E-state index contributed by atoms with van der Waals surface area (Å²) in [5.41, 5.74) is 5.53. The van der Waals surface area contributed by atoms with E-state index < -0.39 is 16.6 Å². The Kier molecular flexibility index (Phi) is 11.7. The summed E-state index contributed by atoms with van der Waals surface area (Å²) in [7, 11) is -2.46. The molecule has 0 radical (unpaired) electrons. The van der Waals surface area contributed by atoms with Crippen LogP contribution < -0.4 is 0 Å². The molecule has 0 aromatic carbocycles. The predicted octanol–water partition coefficient (Wildman–Crippen LogP) is 11.1. The summed E-state index contributed by atoms with van der Waals surface area (Å²) in [4.78, 5) is 12.0. The van der Waals surface area contributed by atoms with Crippen LogP contribution in [0.1, 0.15) is 113 Å². The molecule has 3 saturated carbocycles. The molecule has 0 aromatic heterocycles. The van der Waals surface area contributed by atoms with E-state index in [4.69, 9.17) is 13.6 Å². The van der Waals surface area contributed by atoms with Gasteiger partial charge in [0.15, 0.2) is 16.6 Å². The molecule has 0 heterocycles. The average molecular weight is 643 g/mol. The average Bonchev–Trinajstić information content (AvgIpc) is 3.28. The van der Waals surface area contributed by atoms with Crippen LogP contribution in [0.4, 0.5) is 0 Å². The Labute approximate surface area is 273 Å². The van der Waals surface area contributed by atoms with Gasteiger partial charge in [0.2, 0.25) is 0 Å². The highest BCUT2D eigenvalue weighted by molar-refractivity contribution is 6.74. The maximum absolute atomic E-state index is 12.0. The molecular weight excluding hydrogens is 577 g/mol. The number of ether oxygens (including phenoxy) is 1. The molecule has 0 bridgehead atoms. The lowest BCUT2D eigenvalue weighted by molar-refractivity contribution is -0.140. The SMILES string of the molecule is C=C1/C(=C\C=C2/CCC[C@]3(CCCC(=O)OC)[C@@H](C(=C)C)CC[C@@H]23)C[C@@H](O[Si](C)(C)C(C)(C)C)C[C@@H]1O[Si](C)(C)C(C)(C)C. The first-order chi connectivity index (χ1) is 20.1. The molecule has 44 heavy (non-hydrogen) atoms. The summed E-state index contributed by atoms with van der Waals surface area (Å²) in [6.07, 6.45) is 15.2. The van der Waals surface area contributed by atoms with Crippen LogP contribution in [0.25, 0.3) is 0 Å². The summed E-state index contributed by atoms with van der Waals surface area (Å²) in [5, 5.41) is 0.290. The zero-order valence-corrected chi connectivity index (χ0v) is 32.6. The Balaban J connectivity index is 1.96. The summed E-state index contributed by atoms with van der Waals surface area (Å²) in [6, 6.07) is 0. The first kappa shape index (κ1) is 37.2. The minimum Gasteiger partial charge on any atom is -0.469 e. The van der Waals surface area contributed by atoms with Crippen LogP contribution in [0.15, 0.2) is 47.6 Å². The molecule has 3 fully saturated rings. The van der Waals surface area contributed by atoms with Gasteiger partial charge in [-0.25, -0.2) is 0 Å². The third-order valence-corrected chi connectivity index (χ3v) is 21.3. The van der Waals surface area contributed by atoms with Gasteiger partial charge in [0.1, 0.15) is 0 Å². The first-order valence-electron chi connectivity index (χ1n) is 17.3. The highest BCUT2D eigenvalue weighted by Gasteiger charge is 2.52. The summed E-state index contributed by atoms with van der Waals surface area (Å²) >= 11 is 0. The minimum atomic E-state index is -2.00. The van der Waals surface area contributed by atoms with E-state index in [1.807, 2.05) is 0 Å². The third kappa shape index (κ3) is 8.19. The fourth-order valence-corrected chi connectivity index (χ4v) is 10.4. The van der Waals surface area contributed by atoms with Gasteiger partial charge in [-0.1, -0.05) is 78.0 Å². The van der Waals surface area contributed by atoms with Crippen molar-refractivity contribution in [2.24, 2.45) is 17.3 Å². The van der Waals surface area contributed by atoms with Crippen LogP contribution in [-0.4, -0.2) is 41.9 Å². The molecular formula is C38H66O4Si2. The van der Waals surface area contributed by atoms with E-state index in [0.717, 1.165) is 37.7 Å². The number of carbonyl (C=O) groups excluding carboxylic acids is 1. The highest BCUT2D eigenvalue weighted by Crippen LogP contribution is 2.61. The van der Waals surface area contributed by atoms with Gasteiger partial charge in [-0.15, -0.1) is 0 Å². The molecule has 0 saturated heterocycles. The van der Waals surface area contributed by atoms with Gasteiger partial charge in [0, 0.05) is 12.8 Å². The fraction of sp³-hybridized carbons (Fsp3) is 0.763. The van der Waals surface area contributed by atoms with Gasteiger partial charge in [-0.3, -0.25) is 4.79 Å². The van der Waals surface area contributed by atoms with E-state index in [0.29, 0.717) is 18.3 Å². The van der Waals surface area contributed by atoms with Gasteiger partial charge < -0.3 is 13.6 Å². The lowest BCUT2D eigenvalue weighted by Gasteiger charge is -2.46. The Hall–Kier alpha value is -1.22. The van der Waals surface area contributed by atoms with Gasteiger partial charge in [-0.05, 0) is 123 Å². The van der Waals surface area contributed by atoms with E-state index >= 15 is 0 Å². The Bertz CT molecular complexity index is 1130. The molecule has 0 aromatic rings. The molecule has 0 N–H and O–H groups in total. The topological polar surface area (TPSA) is 44.8 Å². The number of carbonyl (C=O) groups is 1. The third-order valence-electron chi connectivity index (χ3n) is 12.3. The molecule has 5 atom stereocenters. The zero-order valence-electron chi connectivity index (χ0n) is 30.6. The monoisotopic (exact) mass is 642 g/mol. The molecule has 3 aliphatic carbocycles. The number of rotatable bonds is 10. The highest BCUT2D eigenvalue weighted by atomic mass is 28.4. The second-order valence-electron chi connectivity index (χ2n) is 17.3. The smallest absolute Gasteiger partial charge is 0.305 e. The summed E-state index contributed by atoms with van der Waals surface area (Å²) in [5.74, 6) is 0.970. The first-order valence-corrected chi connectivity index (χ1v) is 23.1. The van der Waals surface area contributed by atoms with Crippen LogP contribution in [-0.2, 0) is 18.4 Å². The van der Waals surface area contributed by atoms with Crippen LogP contribution in [0.5, 0.6) is 0 Å². The number of hydrogen-bond donors (Lipinski definition) is 0. The molecule has 3 rings (SSSR count). The van der Waals surface area contributed by atoms with Gasteiger partial charge >= 0.3 is 5.97 Å². The van der Waals surface area contributed by atoms with E-state index in [-0.39, 0.29) is 33.7 Å². The van der Waals surface area contributed by atoms with Crippen LogP contribution in [0.3, 0.4) is 0 Å². The van der Waals surface area contributed by atoms with Crippen molar-refractivity contribution in [3.8, 4) is 0 Å². The molecule has 3 aliphatic rings. The van der Waals surface area contributed by atoms with Crippen molar-refractivity contribution < 1.29 is 18.4 Å². The lowest BCUT2D eigenvalue weighted by Crippen LogP contribution is -2.49. The predicted molar refractivity (Wildman–Crippen MR) is 192 cm³/mol. The molecule has 0 aliphatic heterocycles. The molecule has 0 spiro atoms. The largest absolute Gasteiger partial charge is 0.469 e. The van der Waals surface area contributed by atoms with Crippen LogP contribution in [0.2, 0.25) is 36.3 Å². The Morgan fingerprint density at radius 3 is 2.18 bits per heavy atom. The normalized spacial score (nSPS) is 30.5. The lowest BCUT2D eigenvalue weighted by atomic mass is 9.59. The standard InChI is InChI=1S/C38H66O4Si2/c1-27(2)32-21-22-33-29(17-15-23-38(32,33)24-16-18-35(39)40-10)19-20-30-25-31(41-43(11,12)36(4,5)6)26-34(28(30)3)42-44(13,14)37(7,8)9/h19-20,31-34H,1,3,15-18,21-26H2,2,4-14H3/b29-19+,30-20-/t31-,32-,33+,34+,38+/m1/s1. The minimum absolute atomic E-state index is 0.00731. The van der Waals surface area contributed by atoms with Gasteiger partial charge in [-0.2, -0.15) is 0 Å². The van der Waals surface area contributed by atoms with Crippen molar-refractivity contribution >= 4 is 22.6 Å². The summed E-state index contributed by atoms with van der Waals surface area (Å²) in [6.45, 7) is 34.7. The van der Waals surface area contributed by atoms with Gasteiger partial charge in [0.25, 0.3) is 0 Å². The van der Waals surface area contributed by atoms with Crippen molar-refractivity contribution in [2.75, 3.05) is 7.11 Å². The van der Waals surface area contributed by atoms with E-state index in [9.17, 15) is 4.79 Å². The van der Waals surface area contributed by atoms with Crippen molar-refractivity contribution in [1.29, 1.82) is 0 Å².